The Labute approximate surface area is 119 Å². The van der Waals surface area contributed by atoms with Gasteiger partial charge in [0.15, 0.2) is 0 Å². The van der Waals surface area contributed by atoms with E-state index in [4.69, 9.17) is 5.73 Å². The summed E-state index contributed by atoms with van der Waals surface area (Å²) in [4.78, 5) is 13.1. The Morgan fingerprint density at radius 1 is 1.55 bits per heavy atom. The van der Waals surface area contributed by atoms with E-state index in [1.54, 1.807) is 12.1 Å². The van der Waals surface area contributed by atoms with E-state index in [-0.39, 0.29) is 11.4 Å². The monoisotopic (exact) mass is 279 g/mol. The van der Waals surface area contributed by atoms with Gasteiger partial charge in [0.2, 0.25) is 5.91 Å². The molecule has 5 heteroatoms. The topological polar surface area (TPSA) is 58.4 Å². The third-order valence-corrected chi connectivity index (χ3v) is 3.75. The molecule has 0 spiro atoms. The second-order valence-electron chi connectivity index (χ2n) is 5.58. The predicted octanol–water partition coefficient (Wildman–Crippen LogP) is 1.36. The zero-order chi connectivity index (χ0) is 14.5. The number of rotatable bonds is 5. The van der Waals surface area contributed by atoms with Gasteiger partial charge in [-0.25, -0.2) is 4.39 Å². The summed E-state index contributed by atoms with van der Waals surface area (Å²) in [5.41, 5.74) is 5.95. The Bertz CT molecular complexity index is 472. The van der Waals surface area contributed by atoms with Gasteiger partial charge in [0.25, 0.3) is 0 Å². The molecule has 1 unspecified atom stereocenters. The van der Waals surface area contributed by atoms with Gasteiger partial charge in [0.1, 0.15) is 5.82 Å². The third-order valence-electron chi connectivity index (χ3n) is 3.75. The fourth-order valence-corrected chi connectivity index (χ4v) is 2.70. The number of carbonyl (C=O) groups excluding carboxylic acids is 1. The van der Waals surface area contributed by atoms with Crippen LogP contribution in [-0.2, 0) is 6.54 Å². The summed E-state index contributed by atoms with van der Waals surface area (Å²) in [6.07, 6.45) is 2.43. The number of primary amides is 1. The van der Waals surface area contributed by atoms with Crippen LogP contribution in [0.1, 0.15) is 28.8 Å². The number of nitrogens with two attached hydrogens (primary N) is 1. The van der Waals surface area contributed by atoms with Gasteiger partial charge in [0.05, 0.1) is 0 Å². The van der Waals surface area contributed by atoms with E-state index in [0.717, 1.165) is 19.6 Å². The zero-order valence-corrected chi connectivity index (χ0v) is 11.9. The maximum absolute atomic E-state index is 13.9. The molecule has 0 aliphatic carbocycles. The second-order valence-corrected chi connectivity index (χ2v) is 5.58. The van der Waals surface area contributed by atoms with Crippen molar-refractivity contribution in [2.45, 2.75) is 19.4 Å². The van der Waals surface area contributed by atoms with Gasteiger partial charge in [-0.3, -0.25) is 4.79 Å². The summed E-state index contributed by atoms with van der Waals surface area (Å²) in [5.74, 6) is -0.339. The number of piperidine rings is 1. The van der Waals surface area contributed by atoms with Crippen molar-refractivity contribution in [3.05, 3.63) is 35.1 Å². The van der Waals surface area contributed by atoms with Crippen molar-refractivity contribution < 1.29 is 9.18 Å². The summed E-state index contributed by atoms with van der Waals surface area (Å²) in [5, 5.41) is 3.38. The Balaban J connectivity index is 1.93. The zero-order valence-electron chi connectivity index (χ0n) is 11.9. The largest absolute Gasteiger partial charge is 0.366 e. The highest BCUT2D eigenvalue weighted by Gasteiger charge is 2.16. The summed E-state index contributed by atoms with van der Waals surface area (Å²) < 4.78 is 13.9. The number of hydrogen-bond acceptors (Lipinski definition) is 3. The van der Waals surface area contributed by atoms with Gasteiger partial charge in [-0.2, -0.15) is 0 Å². The molecule has 1 amide bonds. The highest BCUT2D eigenvalue weighted by Crippen LogP contribution is 2.15. The van der Waals surface area contributed by atoms with Crippen LogP contribution in [0.25, 0.3) is 0 Å². The summed E-state index contributed by atoms with van der Waals surface area (Å²) in [6, 6.07) is 4.44. The van der Waals surface area contributed by atoms with Crippen LogP contribution in [0.2, 0.25) is 0 Å². The number of carbonyl (C=O) groups is 1. The maximum atomic E-state index is 13.9. The molecule has 110 valence electrons. The number of nitrogens with one attached hydrogen (secondary N) is 1. The lowest BCUT2D eigenvalue weighted by molar-refractivity contribution is 0.1000. The minimum absolute atomic E-state index is 0.213. The molecule has 0 aromatic heterocycles. The molecule has 1 heterocycles. The minimum atomic E-state index is -0.600. The molecule has 1 atom stereocenters. The fourth-order valence-electron chi connectivity index (χ4n) is 2.70. The second kappa shape index (κ2) is 6.81. The highest BCUT2D eigenvalue weighted by atomic mass is 19.1. The SMILES string of the molecule is CN(Cc1ccc(C(N)=O)cc1F)CC1CCCNC1. The Hall–Kier alpha value is -1.46. The van der Waals surface area contributed by atoms with Gasteiger partial charge in [-0.1, -0.05) is 6.07 Å². The van der Waals surface area contributed by atoms with Crippen LogP contribution in [0, 0.1) is 11.7 Å². The summed E-state index contributed by atoms with van der Waals surface area (Å²) in [7, 11) is 2.00. The molecular weight excluding hydrogens is 257 g/mol. The molecule has 1 aromatic rings. The van der Waals surface area contributed by atoms with E-state index in [0.29, 0.717) is 18.0 Å². The van der Waals surface area contributed by atoms with E-state index in [1.807, 2.05) is 7.05 Å². The van der Waals surface area contributed by atoms with Crippen molar-refractivity contribution in [2.75, 3.05) is 26.7 Å². The first-order chi connectivity index (χ1) is 9.56. The fraction of sp³-hybridized carbons (Fsp3) is 0.533. The van der Waals surface area contributed by atoms with Crippen LogP contribution < -0.4 is 11.1 Å². The first-order valence-electron chi connectivity index (χ1n) is 7.03. The van der Waals surface area contributed by atoms with Crippen LogP contribution >= 0.6 is 0 Å². The van der Waals surface area contributed by atoms with Crippen molar-refractivity contribution in [1.29, 1.82) is 0 Å². The number of hydrogen-bond donors (Lipinski definition) is 2. The normalized spacial score (nSPS) is 19.2. The predicted molar refractivity (Wildman–Crippen MR) is 76.8 cm³/mol. The lowest BCUT2D eigenvalue weighted by atomic mass is 9.99. The quantitative estimate of drug-likeness (QED) is 0.855. The molecule has 0 saturated carbocycles. The molecule has 1 saturated heterocycles. The van der Waals surface area contributed by atoms with E-state index in [1.165, 1.54) is 18.9 Å². The van der Waals surface area contributed by atoms with Gasteiger partial charge in [-0.05, 0) is 51.0 Å². The molecule has 1 aromatic carbocycles. The van der Waals surface area contributed by atoms with Crippen LogP contribution in [0.4, 0.5) is 4.39 Å². The molecule has 0 bridgehead atoms. The molecule has 20 heavy (non-hydrogen) atoms. The molecule has 4 nitrogen and oxygen atoms in total. The highest BCUT2D eigenvalue weighted by molar-refractivity contribution is 5.92. The Morgan fingerprint density at radius 2 is 2.35 bits per heavy atom. The number of amides is 1. The molecule has 1 fully saturated rings. The van der Waals surface area contributed by atoms with E-state index < -0.39 is 5.91 Å². The third kappa shape index (κ3) is 4.02. The molecule has 1 aliphatic heterocycles. The van der Waals surface area contributed by atoms with Crippen molar-refractivity contribution >= 4 is 5.91 Å². The molecule has 3 N–H and O–H groups in total. The van der Waals surface area contributed by atoms with Crippen LogP contribution in [0.5, 0.6) is 0 Å². The van der Waals surface area contributed by atoms with E-state index >= 15 is 0 Å². The number of benzene rings is 1. The summed E-state index contributed by atoms with van der Waals surface area (Å²) in [6.45, 7) is 3.63. The van der Waals surface area contributed by atoms with Crippen LogP contribution in [0.3, 0.4) is 0 Å². The number of nitrogens with zero attached hydrogens (tertiary/aromatic N) is 1. The molecule has 0 radical (unpaired) electrons. The lowest BCUT2D eigenvalue weighted by Gasteiger charge is -2.27. The number of halogens is 1. The molecule has 1 aliphatic rings. The molecule has 2 rings (SSSR count). The van der Waals surface area contributed by atoms with Crippen molar-refractivity contribution in [3.8, 4) is 0 Å². The van der Waals surface area contributed by atoms with Gasteiger partial charge in [-0.15, -0.1) is 0 Å². The lowest BCUT2D eigenvalue weighted by Crippen LogP contribution is -2.36. The first-order valence-corrected chi connectivity index (χ1v) is 7.03. The van der Waals surface area contributed by atoms with Crippen molar-refractivity contribution in [3.63, 3.8) is 0 Å². The standard InChI is InChI=1S/C15H22FN3O/c1-19(9-11-3-2-6-18-8-11)10-13-5-4-12(15(17)20)7-14(13)16/h4-5,7,11,18H,2-3,6,8-10H2,1H3,(H2,17,20). The van der Waals surface area contributed by atoms with Gasteiger partial charge in [0, 0.05) is 24.2 Å². The average Bonchev–Trinajstić information content (AvgIpc) is 2.42. The molecular formula is C15H22FN3O. The summed E-state index contributed by atoms with van der Waals surface area (Å²) >= 11 is 0. The van der Waals surface area contributed by atoms with Crippen LogP contribution in [0.15, 0.2) is 18.2 Å². The van der Waals surface area contributed by atoms with E-state index in [2.05, 4.69) is 10.2 Å². The Morgan fingerprint density at radius 3 is 2.95 bits per heavy atom. The minimum Gasteiger partial charge on any atom is -0.366 e. The van der Waals surface area contributed by atoms with Gasteiger partial charge >= 0.3 is 0 Å². The van der Waals surface area contributed by atoms with Crippen LogP contribution in [-0.4, -0.2) is 37.5 Å². The maximum Gasteiger partial charge on any atom is 0.248 e. The van der Waals surface area contributed by atoms with Crippen molar-refractivity contribution in [2.24, 2.45) is 11.7 Å². The smallest absolute Gasteiger partial charge is 0.248 e. The van der Waals surface area contributed by atoms with Gasteiger partial charge < -0.3 is 16.0 Å². The average molecular weight is 279 g/mol. The first kappa shape index (κ1) is 14.9. The van der Waals surface area contributed by atoms with Crippen molar-refractivity contribution in [1.82, 2.24) is 10.2 Å². The Kier molecular flexibility index (Phi) is 5.09. The van der Waals surface area contributed by atoms with E-state index in [9.17, 15) is 9.18 Å².